The summed E-state index contributed by atoms with van der Waals surface area (Å²) in [5.74, 6) is 2.81. The normalized spacial score (nSPS) is 31.4. The van der Waals surface area contributed by atoms with Crippen molar-refractivity contribution in [1.82, 2.24) is 0 Å². The van der Waals surface area contributed by atoms with Gasteiger partial charge in [0.05, 0.1) is 11.5 Å². The Morgan fingerprint density at radius 1 is 0.889 bits per heavy atom. The molecule has 3 rings (SSSR count). The fourth-order valence-corrected chi connectivity index (χ4v) is 5.79. The Labute approximate surface area is 167 Å². The van der Waals surface area contributed by atoms with Crippen molar-refractivity contribution >= 4 is 0 Å². The van der Waals surface area contributed by atoms with Crippen LogP contribution in [0.3, 0.4) is 0 Å². The third-order valence-corrected chi connectivity index (χ3v) is 7.67. The number of nitriles is 1. The zero-order valence-corrected chi connectivity index (χ0v) is 17.7. The van der Waals surface area contributed by atoms with Crippen molar-refractivity contribution in [2.75, 3.05) is 0 Å². The zero-order valence-electron chi connectivity index (χ0n) is 17.7. The molecule has 1 aromatic rings. The van der Waals surface area contributed by atoms with Gasteiger partial charge in [0.15, 0.2) is 0 Å². The lowest BCUT2D eigenvalue weighted by molar-refractivity contribution is 0.144. The SMILES string of the molecule is CCCCC1CCC(C2CCC(C#N)(c3ccc(CCC)cc3)CC2)CC1. The Kier molecular flexibility index (Phi) is 7.40. The molecular weight excluding hydrogens is 326 g/mol. The van der Waals surface area contributed by atoms with Gasteiger partial charge in [0, 0.05) is 0 Å². The van der Waals surface area contributed by atoms with Gasteiger partial charge < -0.3 is 0 Å². The summed E-state index contributed by atoms with van der Waals surface area (Å²) >= 11 is 0. The summed E-state index contributed by atoms with van der Waals surface area (Å²) in [6.45, 7) is 4.54. The van der Waals surface area contributed by atoms with Crippen LogP contribution in [0.5, 0.6) is 0 Å². The van der Waals surface area contributed by atoms with Crippen LogP contribution < -0.4 is 0 Å². The Morgan fingerprint density at radius 2 is 1.52 bits per heavy atom. The molecule has 0 aliphatic heterocycles. The van der Waals surface area contributed by atoms with E-state index in [0.29, 0.717) is 0 Å². The highest BCUT2D eigenvalue weighted by atomic mass is 14.5. The summed E-state index contributed by atoms with van der Waals surface area (Å²) in [5, 5.41) is 10.0. The van der Waals surface area contributed by atoms with Crippen LogP contribution in [-0.4, -0.2) is 0 Å². The van der Waals surface area contributed by atoms with E-state index in [1.54, 1.807) is 0 Å². The number of benzene rings is 1. The van der Waals surface area contributed by atoms with Crippen LogP contribution in [0.4, 0.5) is 0 Å². The van der Waals surface area contributed by atoms with Crippen LogP contribution in [0.2, 0.25) is 0 Å². The smallest absolute Gasteiger partial charge is 0.0822 e. The summed E-state index contributed by atoms with van der Waals surface area (Å²) < 4.78 is 0. The third kappa shape index (κ3) is 4.96. The summed E-state index contributed by atoms with van der Waals surface area (Å²) in [4.78, 5) is 0. The molecule has 0 aromatic heterocycles. The summed E-state index contributed by atoms with van der Waals surface area (Å²) in [5.41, 5.74) is 2.45. The molecule has 0 unspecified atom stereocenters. The van der Waals surface area contributed by atoms with Gasteiger partial charge in [-0.25, -0.2) is 0 Å². The predicted octanol–water partition coefficient (Wildman–Crippen LogP) is 7.59. The Balaban J connectivity index is 1.54. The first-order valence-corrected chi connectivity index (χ1v) is 11.7. The maximum Gasteiger partial charge on any atom is 0.0822 e. The number of rotatable bonds is 7. The molecule has 27 heavy (non-hydrogen) atoms. The maximum atomic E-state index is 10.0. The van der Waals surface area contributed by atoms with E-state index < -0.39 is 0 Å². The molecule has 1 nitrogen and oxygen atoms in total. The lowest BCUT2D eigenvalue weighted by atomic mass is 9.62. The van der Waals surface area contributed by atoms with Crippen molar-refractivity contribution in [3.63, 3.8) is 0 Å². The number of unbranched alkanes of at least 4 members (excludes halogenated alkanes) is 1. The van der Waals surface area contributed by atoms with Crippen molar-refractivity contribution in [3.8, 4) is 6.07 Å². The second kappa shape index (κ2) is 9.77. The molecule has 1 aromatic carbocycles. The van der Waals surface area contributed by atoms with E-state index in [2.05, 4.69) is 44.2 Å². The van der Waals surface area contributed by atoms with Crippen LogP contribution in [0, 0.1) is 29.1 Å². The van der Waals surface area contributed by atoms with Crippen molar-refractivity contribution < 1.29 is 0 Å². The molecule has 0 saturated heterocycles. The Hall–Kier alpha value is -1.29. The van der Waals surface area contributed by atoms with Gasteiger partial charge in [-0.1, -0.05) is 76.6 Å². The zero-order chi connectivity index (χ0) is 19.1. The van der Waals surface area contributed by atoms with Crippen LogP contribution in [-0.2, 0) is 11.8 Å². The first kappa shape index (κ1) is 20.4. The molecule has 0 radical (unpaired) electrons. The van der Waals surface area contributed by atoms with Crippen LogP contribution >= 0.6 is 0 Å². The number of nitrogens with zero attached hydrogens (tertiary/aromatic N) is 1. The van der Waals surface area contributed by atoms with Gasteiger partial charge in [-0.05, 0) is 73.8 Å². The maximum absolute atomic E-state index is 10.0. The molecule has 2 aliphatic rings. The van der Waals surface area contributed by atoms with E-state index in [9.17, 15) is 5.26 Å². The summed E-state index contributed by atoms with van der Waals surface area (Å²) in [6.07, 6.45) is 17.0. The van der Waals surface area contributed by atoms with Gasteiger partial charge in [0.2, 0.25) is 0 Å². The van der Waals surface area contributed by atoms with E-state index in [4.69, 9.17) is 0 Å². The Morgan fingerprint density at radius 3 is 2.07 bits per heavy atom. The van der Waals surface area contributed by atoms with E-state index in [1.807, 2.05) is 0 Å². The molecule has 0 spiro atoms. The highest BCUT2D eigenvalue weighted by Gasteiger charge is 2.39. The lowest BCUT2D eigenvalue weighted by Crippen LogP contribution is -2.33. The third-order valence-electron chi connectivity index (χ3n) is 7.67. The lowest BCUT2D eigenvalue weighted by Gasteiger charge is -2.41. The molecule has 1 heteroatoms. The highest BCUT2D eigenvalue weighted by molar-refractivity contribution is 5.35. The minimum absolute atomic E-state index is 0.223. The highest BCUT2D eigenvalue weighted by Crippen LogP contribution is 2.47. The number of hydrogen-bond donors (Lipinski definition) is 0. The second-order valence-electron chi connectivity index (χ2n) is 9.40. The first-order valence-electron chi connectivity index (χ1n) is 11.7. The van der Waals surface area contributed by atoms with E-state index in [0.717, 1.165) is 37.0 Å². The van der Waals surface area contributed by atoms with Crippen LogP contribution in [0.1, 0.15) is 102 Å². The standard InChI is InChI=1S/C26H39N/c1-3-5-7-22-8-12-23(13-9-22)24-16-18-26(20-27,19-17-24)25-14-10-21(6-4-2)11-15-25/h10-11,14-15,22-24H,3-9,12-13,16-19H2,1-2H3. The Bertz CT molecular complexity index is 592. The van der Waals surface area contributed by atoms with Crippen LogP contribution in [0.25, 0.3) is 0 Å². The fraction of sp³-hybridized carbons (Fsp3) is 0.731. The molecule has 148 valence electrons. The molecule has 2 saturated carbocycles. The van der Waals surface area contributed by atoms with Crippen LogP contribution in [0.15, 0.2) is 24.3 Å². The van der Waals surface area contributed by atoms with Gasteiger partial charge in [0.1, 0.15) is 0 Å². The molecule has 0 bridgehead atoms. The minimum atomic E-state index is -0.223. The molecule has 2 aliphatic carbocycles. The van der Waals surface area contributed by atoms with E-state index >= 15 is 0 Å². The van der Waals surface area contributed by atoms with Gasteiger partial charge in [-0.15, -0.1) is 0 Å². The molecule has 2 fully saturated rings. The number of hydrogen-bond acceptors (Lipinski definition) is 1. The van der Waals surface area contributed by atoms with Gasteiger partial charge >= 0.3 is 0 Å². The average molecular weight is 366 g/mol. The number of aryl methyl sites for hydroxylation is 1. The van der Waals surface area contributed by atoms with Crippen molar-refractivity contribution in [2.45, 2.75) is 103 Å². The molecule has 0 atom stereocenters. The fourth-order valence-electron chi connectivity index (χ4n) is 5.79. The quantitative estimate of drug-likeness (QED) is 0.488. The predicted molar refractivity (Wildman–Crippen MR) is 115 cm³/mol. The molecule has 0 amide bonds. The molecule has 0 N–H and O–H groups in total. The summed E-state index contributed by atoms with van der Waals surface area (Å²) in [7, 11) is 0. The van der Waals surface area contributed by atoms with E-state index in [-0.39, 0.29) is 5.41 Å². The first-order chi connectivity index (χ1) is 13.2. The van der Waals surface area contributed by atoms with Gasteiger partial charge in [-0.2, -0.15) is 5.26 Å². The van der Waals surface area contributed by atoms with Gasteiger partial charge in [-0.3, -0.25) is 0 Å². The van der Waals surface area contributed by atoms with Crippen molar-refractivity contribution in [2.24, 2.45) is 17.8 Å². The average Bonchev–Trinajstić information content (AvgIpc) is 2.73. The minimum Gasteiger partial charge on any atom is -0.197 e. The van der Waals surface area contributed by atoms with Crippen molar-refractivity contribution in [3.05, 3.63) is 35.4 Å². The van der Waals surface area contributed by atoms with Crippen molar-refractivity contribution in [1.29, 1.82) is 5.26 Å². The summed E-state index contributed by atoms with van der Waals surface area (Å²) in [6, 6.07) is 11.7. The monoisotopic (exact) mass is 365 g/mol. The second-order valence-corrected chi connectivity index (χ2v) is 9.40. The topological polar surface area (TPSA) is 23.8 Å². The molecule has 0 heterocycles. The van der Waals surface area contributed by atoms with E-state index in [1.165, 1.54) is 75.3 Å². The molecular formula is C26H39N. The largest absolute Gasteiger partial charge is 0.197 e. The van der Waals surface area contributed by atoms with Gasteiger partial charge in [0.25, 0.3) is 0 Å².